The molecular weight excluding hydrogens is 433 g/mol. The van der Waals surface area contributed by atoms with E-state index in [1.54, 1.807) is 6.20 Å². The molecule has 0 bridgehead atoms. The molecule has 1 heterocycles. The third-order valence-electron chi connectivity index (χ3n) is 7.78. The number of ether oxygens (including phenoxy) is 1. The summed E-state index contributed by atoms with van der Waals surface area (Å²) in [6.07, 6.45) is 19.7. The fraction of sp³-hybridized carbons (Fsp3) is 0.656. The number of unbranched alkanes of at least 4 members (excludes halogenated alkanes) is 7. The first kappa shape index (κ1) is 27.7. The molecule has 0 radical (unpaired) electrons. The molecule has 0 aliphatic heterocycles. The van der Waals surface area contributed by atoms with Gasteiger partial charge in [0.2, 0.25) is 0 Å². The van der Waals surface area contributed by atoms with Gasteiger partial charge in [0.05, 0.1) is 11.9 Å². The lowest BCUT2D eigenvalue weighted by atomic mass is 9.77. The van der Waals surface area contributed by atoms with Crippen LogP contribution in [0.5, 0.6) is 5.75 Å². The van der Waals surface area contributed by atoms with Gasteiger partial charge in [-0.2, -0.15) is 0 Å². The quantitative estimate of drug-likeness (QED) is 0.222. The van der Waals surface area contributed by atoms with Gasteiger partial charge >= 0.3 is 0 Å². The highest BCUT2D eigenvalue weighted by atomic mass is 19.1. The molecule has 1 fully saturated rings. The Bertz CT molecular complexity index is 795. The summed E-state index contributed by atoms with van der Waals surface area (Å²) < 4.78 is 19.6. The number of halogens is 1. The predicted octanol–water partition coefficient (Wildman–Crippen LogP) is 10.1. The Morgan fingerprint density at radius 3 is 2.17 bits per heavy atom. The largest absolute Gasteiger partial charge is 0.489 e. The SMILES string of the molecule is CCCCCCCC1CCC(c2ccc(-c3ccc(OC[C@@H](F)CCCCCC)cn3)cc2)CC1. The van der Waals surface area contributed by atoms with Crippen LogP contribution in [0.2, 0.25) is 0 Å². The average molecular weight is 482 g/mol. The van der Waals surface area contributed by atoms with Gasteiger partial charge in [-0.25, -0.2) is 4.39 Å². The van der Waals surface area contributed by atoms with Crippen molar-refractivity contribution >= 4 is 0 Å². The predicted molar refractivity (Wildman–Crippen MR) is 147 cm³/mol. The van der Waals surface area contributed by atoms with Crippen molar-refractivity contribution in [3.05, 3.63) is 48.2 Å². The Morgan fingerprint density at radius 1 is 0.829 bits per heavy atom. The van der Waals surface area contributed by atoms with Gasteiger partial charge in [-0.1, -0.05) is 102 Å². The van der Waals surface area contributed by atoms with E-state index in [0.717, 1.165) is 30.0 Å². The normalized spacial score (nSPS) is 18.9. The zero-order valence-electron chi connectivity index (χ0n) is 22.3. The lowest BCUT2D eigenvalue weighted by Crippen LogP contribution is -2.13. The summed E-state index contributed by atoms with van der Waals surface area (Å²) in [4.78, 5) is 4.57. The molecule has 1 saturated carbocycles. The Kier molecular flexibility index (Phi) is 12.6. The zero-order valence-corrected chi connectivity index (χ0v) is 22.3. The number of benzene rings is 1. The van der Waals surface area contributed by atoms with Gasteiger partial charge < -0.3 is 4.74 Å². The Balaban J connectivity index is 1.39. The molecule has 3 heteroatoms. The van der Waals surface area contributed by atoms with Crippen molar-refractivity contribution in [2.45, 2.75) is 122 Å². The molecule has 3 rings (SSSR count). The molecular formula is C32H48FNO. The number of aromatic nitrogens is 1. The van der Waals surface area contributed by atoms with Crippen LogP contribution in [0.3, 0.4) is 0 Å². The Hall–Kier alpha value is -1.90. The van der Waals surface area contributed by atoms with Crippen molar-refractivity contribution in [2.75, 3.05) is 6.61 Å². The topological polar surface area (TPSA) is 22.1 Å². The standard InChI is InChI=1S/C32H48FNO/c1-3-5-7-9-10-12-26-14-16-27(17-15-26)28-18-20-29(21-19-28)32-23-22-31(24-34-32)35-25-30(33)13-11-8-6-4-2/h18-24,26-27,30H,3-17,25H2,1-2H3/t26?,27?,30-/m0/s1. The molecule has 1 aliphatic rings. The fourth-order valence-corrected chi connectivity index (χ4v) is 5.45. The van der Waals surface area contributed by atoms with Crippen molar-refractivity contribution in [1.29, 1.82) is 0 Å². The molecule has 1 atom stereocenters. The maximum Gasteiger partial charge on any atom is 0.137 e. The van der Waals surface area contributed by atoms with E-state index in [1.807, 2.05) is 12.1 Å². The maximum absolute atomic E-state index is 14.0. The van der Waals surface area contributed by atoms with Gasteiger partial charge in [-0.3, -0.25) is 4.98 Å². The molecule has 0 spiro atoms. The minimum atomic E-state index is -0.903. The van der Waals surface area contributed by atoms with Crippen LogP contribution in [-0.2, 0) is 0 Å². The summed E-state index contributed by atoms with van der Waals surface area (Å²) in [5.74, 6) is 2.30. The van der Waals surface area contributed by atoms with Crippen molar-refractivity contribution < 1.29 is 9.13 Å². The average Bonchev–Trinajstić information content (AvgIpc) is 2.91. The highest BCUT2D eigenvalue weighted by molar-refractivity contribution is 5.60. The third-order valence-corrected chi connectivity index (χ3v) is 7.78. The van der Waals surface area contributed by atoms with E-state index >= 15 is 0 Å². The Labute approximate surface area is 214 Å². The summed E-state index contributed by atoms with van der Waals surface area (Å²) in [7, 11) is 0. The van der Waals surface area contributed by atoms with Gasteiger partial charge in [0, 0.05) is 5.56 Å². The second-order valence-corrected chi connectivity index (χ2v) is 10.7. The molecule has 0 amide bonds. The van der Waals surface area contributed by atoms with Gasteiger partial charge in [-0.05, 0) is 61.6 Å². The van der Waals surface area contributed by atoms with E-state index in [9.17, 15) is 4.39 Å². The summed E-state index contributed by atoms with van der Waals surface area (Å²) in [6, 6.07) is 12.9. The molecule has 0 N–H and O–H groups in total. The lowest BCUT2D eigenvalue weighted by molar-refractivity contribution is 0.183. The highest BCUT2D eigenvalue weighted by Crippen LogP contribution is 2.38. The van der Waals surface area contributed by atoms with Gasteiger partial charge in [0.25, 0.3) is 0 Å². The third kappa shape index (κ3) is 9.94. The van der Waals surface area contributed by atoms with Crippen LogP contribution in [0, 0.1) is 5.92 Å². The molecule has 1 aliphatic carbocycles. The molecule has 0 saturated heterocycles. The Morgan fingerprint density at radius 2 is 1.51 bits per heavy atom. The van der Waals surface area contributed by atoms with Gasteiger partial charge in [-0.15, -0.1) is 0 Å². The van der Waals surface area contributed by atoms with Crippen LogP contribution < -0.4 is 4.74 Å². The molecule has 1 aromatic heterocycles. The summed E-state index contributed by atoms with van der Waals surface area (Å²) in [5.41, 5.74) is 3.54. The monoisotopic (exact) mass is 481 g/mol. The molecule has 1 aromatic carbocycles. The summed E-state index contributed by atoms with van der Waals surface area (Å²) in [6.45, 7) is 4.57. The number of hydrogen-bond acceptors (Lipinski definition) is 2. The van der Waals surface area contributed by atoms with Gasteiger partial charge in [0.15, 0.2) is 0 Å². The first-order valence-electron chi connectivity index (χ1n) is 14.5. The number of pyridine rings is 1. The molecule has 2 nitrogen and oxygen atoms in total. The minimum Gasteiger partial charge on any atom is -0.489 e. The first-order valence-corrected chi connectivity index (χ1v) is 14.5. The van der Waals surface area contributed by atoms with Crippen LogP contribution in [0.1, 0.15) is 122 Å². The van der Waals surface area contributed by atoms with Crippen LogP contribution in [0.15, 0.2) is 42.6 Å². The molecule has 35 heavy (non-hydrogen) atoms. The zero-order chi connectivity index (χ0) is 24.7. The lowest BCUT2D eigenvalue weighted by Gasteiger charge is -2.29. The van der Waals surface area contributed by atoms with Crippen molar-refractivity contribution in [1.82, 2.24) is 4.98 Å². The van der Waals surface area contributed by atoms with Gasteiger partial charge in [0.1, 0.15) is 18.5 Å². The van der Waals surface area contributed by atoms with Crippen LogP contribution in [0.4, 0.5) is 4.39 Å². The number of alkyl halides is 1. The van der Waals surface area contributed by atoms with Crippen molar-refractivity contribution in [3.8, 4) is 17.0 Å². The van der Waals surface area contributed by atoms with E-state index in [1.165, 1.54) is 82.6 Å². The van der Waals surface area contributed by atoms with Crippen molar-refractivity contribution in [3.63, 3.8) is 0 Å². The summed E-state index contributed by atoms with van der Waals surface area (Å²) in [5, 5.41) is 0. The first-order chi connectivity index (χ1) is 17.2. The van der Waals surface area contributed by atoms with Crippen LogP contribution in [0.25, 0.3) is 11.3 Å². The smallest absolute Gasteiger partial charge is 0.137 e. The molecule has 2 aromatic rings. The fourth-order valence-electron chi connectivity index (χ4n) is 5.45. The van der Waals surface area contributed by atoms with E-state index in [-0.39, 0.29) is 6.61 Å². The highest BCUT2D eigenvalue weighted by Gasteiger charge is 2.22. The summed E-state index contributed by atoms with van der Waals surface area (Å²) >= 11 is 0. The maximum atomic E-state index is 14.0. The van der Waals surface area contributed by atoms with Crippen LogP contribution in [-0.4, -0.2) is 17.8 Å². The molecule has 0 unspecified atom stereocenters. The van der Waals surface area contributed by atoms with E-state index in [2.05, 4.69) is 43.1 Å². The second-order valence-electron chi connectivity index (χ2n) is 10.7. The van der Waals surface area contributed by atoms with E-state index < -0.39 is 6.17 Å². The van der Waals surface area contributed by atoms with E-state index in [4.69, 9.17) is 4.74 Å². The van der Waals surface area contributed by atoms with E-state index in [0.29, 0.717) is 18.1 Å². The second kappa shape index (κ2) is 16.0. The van der Waals surface area contributed by atoms with Crippen molar-refractivity contribution in [2.24, 2.45) is 5.92 Å². The molecule has 194 valence electrons. The minimum absolute atomic E-state index is 0.114. The number of nitrogens with zero attached hydrogens (tertiary/aromatic N) is 1. The number of hydrogen-bond donors (Lipinski definition) is 0. The number of rotatable bonds is 16. The van der Waals surface area contributed by atoms with Crippen LogP contribution >= 0.6 is 0 Å².